The highest BCUT2D eigenvalue weighted by Gasteiger charge is 2.22. The number of nitro benzene ring substituents is 1. The molecule has 0 fully saturated rings. The third kappa shape index (κ3) is 4.72. The summed E-state index contributed by atoms with van der Waals surface area (Å²) >= 11 is 5.96. The average Bonchev–Trinajstić information content (AvgIpc) is 2.72. The van der Waals surface area contributed by atoms with Crippen LogP contribution in [0.15, 0.2) is 60.7 Å². The molecule has 3 aromatic carbocycles. The van der Waals surface area contributed by atoms with Crippen molar-refractivity contribution in [3.63, 3.8) is 0 Å². The van der Waals surface area contributed by atoms with Gasteiger partial charge in [0, 0.05) is 43.3 Å². The molecule has 6 nitrogen and oxygen atoms in total. The minimum atomic E-state index is -0.495. The molecule has 0 heterocycles. The molecular formula is C22H21ClN2O4. The van der Waals surface area contributed by atoms with Crippen molar-refractivity contribution in [3.8, 4) is 0 Å². The second kappa shape index (κ2) is 9.03. The number of nitrogens with zero attached hydrogens (tertiary/aromatic N) is 2. The molecule has 0 saturated heterocycles. The minimum Gasteiger partial charge on any atom is -0.396 e. The van der Waals surface area contributed by atoms with Gasteiger partial charge < -0.3 is 10.0 Å². The van der Waals surface area contributed by atoms with E-state index < -0.39 is 4.92 Å². The molecule has 1 N–H and O–H groups in total. The molecule has 0 aliphatic rings. The first kappa shape index (κ1) is 20.8. The maximum absolute atomic E-state index is 13.2. The monoisotopic (exact) mass is 412 g/mol. The van der Waals surface area contributed by atoms with Crippen LogP contribution >= 0.6 is 11.6 Å². The number of non-ortho nitro benzene ring substituents is 1. The van der Waals surface area contributed by atoms with E-state index in [0.29, 0.717) is 28.8 Å². The van der Waals surface area contributed by atoms with Crippen LogP contribution in [0.25, 0.3) is 10.8 Å². The van der Waals surface area contributed by atoms with Gasteiger partial charge in [-0.05, 0) is 34.9 Å². The van der Waals surface area contributed by atoms with Crippen molar-refractivity contribution >= 4 is 34.0 Å². The summed E-state index contributed by atoms with van der Waals surface area (Å²) in [6.07, 6.45) is 0.481. The van der Waals surface area contributed by atoms with Gasteiger partial charge in [0.1, 0.15) is 0 Å². The van der Waals surface area contributed by atoms with E-state index in [9.17, 15) is 20.0 Å². The minimum absolute atomic E-state index is 0.0188. The number of carbonyl (C=O) groups excluding carboxylic acids is 1. The molecule has 3 rings (SSSR count). The van der Waals surface area contributed by atoms with Crippen LogP contribution in [0.4, 0.5) is 5.69 Å². The fraction of sp³-hybridized carbons (Fsp3) is 0.227. The molecule has 150 valence electrons. The second-order valence-corrected chi connectivity index (χ2v) is 7.35. The van der Waals surface area contributed by atoms with Gasteiger partial charge in [-0.2, -0.15) is 0 Å². The highest BCUT2D eigenvalue weighted by Crippen LogP contribution is 2.28. The quantitative estimate of drug-likeness (QED) is 0.452. The van der Waals surface area contributed by atoms with Gasteiger partial charge in [0.15, 0.2) is 0 Å². The van der Waals surface area contributed by atoms with Crippen molar-refractivity contribution in [1.82, 2.24) is 4.90 Å². The molecule has 0 spiro atoms. The van der Waals surface area contributed by atoms with Gasteiger partial charge in [-0.25, -0.2) is 0 Å². The lowest BCUT2D eigenvalue weighted by Gasteiger charge is -2.25. The molecule has 0 aliphatic heterocycles. The summed E-state index contributed by atoms with van der Waals surface area (Å²) < 4.78 is 0. The predicted octanol–water partition coefficient (Wildman–Crippen LogP) is 4.64. The fourth-order valence-corrected chi connectivity index (χ4v) is 3.58. The first-order valence-corrected chi connectivity index (χ1v) is 9.57. The maximum Gasteiger partial charge on any atom is 0.270 e. The van der Waals surface area contributed by atoms with Gasteiger partial charge in [0.2, 0.25) is 0 Å². The largest absolute Gasteiger partial charge is 0.396 e. The summed E-state index contributed by atoms with van der Waals surface area (Å²) in [5, 5.41) is 22.7. The van der Waals surface area contributed by atoms with E-state index in [1.54, 1.807) is 48.3 Å². The lowest BCUT2D eigenvalue weighted by atomic mass is 9.95. The van der Waals surface area contributed by atoms with Crippen LogP contribution < -0.4 is 0 Å². The summed E-state index contributed by atoms with van der Waals surface area (Å²) in [7, 11) is 1.66. The first-order valence-electron chi connectivity index (χ1n) is 9.19. The number of fused-ring (bicyclic) bond motifs is 1. The van der Waals surface area contributed by atoms with Gasteiger partial charge in [0.05, 0.1) is 10.5 Å². The van der Waals surface area contributed by atoms with Crippen molar-refractivity contribution in [1.29, 1.82) is 0 Å². The zero-order chi connectivity index (χ0) is 21.0. The van der Waals surface area contributed by atoms with Crippen molar-refractivity contribution in [3.05, 3.63) is 86.9 Å². The van der Waals surface area contributed by atoms with Crippen LogP contribution in [0, 0.1) is 10.1 Å². The van der Waals surface area contributed by atoms with Gasteiger partial charge in [-0.1, -0.05) is 48.0 Å². The number of hydrogen-bond donors (Lipinski definition) is 1. The van der Waals surface area contributed by atoms with Crippen LogP contribution in [0.3, 0.4) is 0 Å². The van der Waals surface area contributed by atoms with Crippen molar-refractivity contribution < 1.29 is 14.8 Å². The van der Waals surface area contributed by atoms with Gasteiger partial charge in [-0.3, -0.25) is 14.9 Å². The zero-order valence-corrected chi connectivity index (χ0v) is 16.7. The lowest BCUT2D eigenvalue weighted by Crippen LogP contribution is -2.31. The number of aliphatic hydroxyl groups excluding tert-OH is 1. The Kier molecular flexibility index (Phi) is 6.46. The predicted molar refractivity (Wildman–Crippen MR) is 113 cm³/mol. The first-order chi connectivity index (χ1) is 13.9. The number of rotatable bonds is 7. The average molecular weight is 413 g/mol. The molecule has 1 atom stereocenters. The van der Waals surface area contributed by atoms with Crippen LogP contribution in [-0.2, 0) is 0 Å². The second-order valence-electron chi connectivity index (χ2n) is 6.92. The molecular weight excluding hydrogens is 392 g/mol. The highest BCUT2D eigenvalue weighted by atomic mass is 35.5. The Morgan fingerprint density at radius 3 is 2.52 bits per heavy atom. The smallest absolute Gasteiger partial charge is 0.270 e. The Morgan fingerprint density at radius 1 is 1.17 bits per heavy atom. The lowest BCUT2D eigenvalue weighted by molar-refractivity contribution is -0.384. The van der Waals surface area contributed by atoms with Gasteiger partial charge in [0.25, 0.3) is 11.6 Å². The SMILES string of the molecule is CN(CC(CCO)c1ccc(Cl)cc1)C(=O)c1cc([N+](=O)[O-])cc2ccccc12. The number of aliphatic hydroxyl groups is 1. The molecule has 0 aliphatic carbocycles. The van der Waals surface area contributed by atoms with Gasteiger partial charge in [-0.15, -0.1) is 0 Å². The standard InChI is InChI=1S/C22H21ClN2O4/c1-24(14-17(10-11-26)15-6-8-18(23)9-7-15)22(27)21-13-19(25(28)29)12-16-4-2-3-5-20(16)21/h2-9,12-13,17,26H,10-11,14H2,1H3. The highest BCUT2D eigenvalue weighted by molar-refractivity contribution is 6.30. The van der Waals surface area contributed by atoms with E-state index in [0.717, 1.165) is 5.56 Å². The summed E-state index contributed by atoms with van der Waals surface area (Å²) in [5.74, 6) is -0.391. The van der Waals surface area contributed by atoms with Crippen molar-refractivity contribution in [2.45, 2.75) is 12.3 Å². The zero-order valence-electron chi connectivity index (χ0n) is 15.9. The summed E-state index contributed by atoms with van der Waals surface area (Å²) in [6.45, 7) is 0.340. The van der Waals surface area contributed by atoms with Crippen LogP contribution in [0.1, 0.15) is 28.3 Å². The number of nitro groups is 1. The third-order valence-electron chi connectivity index (χ3n) is 4.95. The Labute approximate surface area is 173 Å². The topological polar surface area (TPSA) is 83.7 Å². The number of likely N-dealkylation sites (N-methyl/N-ethyl adjacent to an activating group) is 1. The van der Waals surface area contributed by atoms with Crippen LogP contribution in [0.5, 0.6) is 0 Å². The Hall–Kier alpha value is -2.96. The molecule has 7 heteroatoms. The normalized spacial score (nSPS) is 12.0. The van der Waals surface area contributed by atoms with E-state index in [4.69, 9.17) is 11.6 Å². The molecule has 1 amide bonds. The maximum atomic E-state index is 13.2. The molecule has 0 aromatic heterocycles. The molecule has 29 heavy (non-hydrogen) atoms. The number of halogens is 1. The van der Waals surface area contributed by atoms with E-state index in [-0.39, 0.29) is 29.7 Å². The number of amides is 1. The number of hydrogen-bond acceptors (Lipinski definition) is 4. The van der Waals surface area contributed by atoms with E-state index in [1.165, 1.54) is 12.1 Å². The Morgan fingerprint density at radius 2 is 1.86 bits per heavy atom. The Balaban J connectivity index is 1.92. The van der Waals surface area contributed by atoms with E-state index in [2.05, 4.69) is 0 Å². The number of benzene rings is 3. The van der Waals surface area contributed by atoms with Crippen LogP contribution in [0.2, 0.25) is 5.02 Å². The van der Waals surface area contributed by atoms with Gasteiger partial charge >= 0.3 is 0 Å². The molecule has 0 bridgehead atoms. The molecule has 1 unspecified atom stereocenters. The molecule has 0 radical (unpaired) electrons. The fourth-order valence-electron chi connectivity index (χ4n) is 3.45. The van der Waals surface area contributed by atoms with E-state index >= 15 is 0 Å². The molecule has 3 aromatic rings. The van der Waals surface area contributed by atoms with E-state index in [1.807, 2.05) is 12.1 Å². The van der Waals surface area contributed by atoms with Crippen molar-refractivity contribution in [2.24, 2.45) is 0 Å². The van der Waals surface area contributed by atoms with Crippen LogP contribution in [-0.4, -0.2) is 41.0 Å². The third-order valence-corrected chi connectivity index (χ3v) is 5.20. The summed E-state index contributed by atoms with van der Waals surface area (Å²) in [5.41, 5.74) is 1.13. The van der Waals surface area contributed by atoms with Crippen molar-refractivity contribution in [2.75, 3.05) is 20.2 Å². The summed E-state index contributed by atoms with van der Waals surface area (Å²) in [6, 6.07) is 17.2. The number of carbonyl (C=O) groups is 1. The Bertz CT molecular complexity index is 1040. The molecule has 0 saturated carbocycles. The summed E-state index contributed by atoms with van der Waals surface area (Å²) in [4.78, 5) is 25.5.